The number of hydrogen-bond donors (Lipinski definition) is 1. The SMILES string of the molecule is NCC1CN(c2ccc(N3C4CCC3CSC4)c(F)c2)C(=O)O1. The van der Waals surface area contributed by atoms with Crippen LogP contribution in [0.1, 0.15) is 12.8 Å². The lowest BCUT2D eigenvalue weighted by molar-refractivity contribution is 0.145. The minimum absolute atomic E-state index is 0.268. The molecule has 2 bridgehead atoms. The van der Waals surface area contributed by atoms with E-state index in [1.54, 1.807) is 12.1 Å². The van der Waals surface area contributed by atoms with Crippen molar-refractivity contribution in [1.29, 1.82) is 0 Å². The first-order valence-corrected chi connectivity index (χ1v) is 9.16. The first-order chi connectivity index (χ1) is 11.2. The quantitative estimate of drug-likeness (QED) is 0.916. The Morgan fingerprint density at radius 3 is 2.65 bits per heavy atom. The minimum Gasteiger partial charge on any atom is -0.443 e. The standard InChI is InChI=1S/C16H20FN3O2S/c17-14-5-10(19-7-13(6-18)22-16(19)21)3-4-15(14)20-11-1-2-12(20)9-23-8-11/h3-5,11-13H,1-2,6-9,18H2. The van der Waals surface area contributed by atoms with Gasteiger partial charge in [0.25, 0.3) is 0 Å². The zero-order chi connectivity index (χ0) is 16.0. The Bertz CT molecular complexity index is 613. The van der Waals surface area contributed by atoms with Crippen LogP contribution in [0.3, 0.4) is 0 Å². The second kappa shape index (κ2) is 5.87. The van der Waals surface area contributed by atoms with Crippen LogP contribution in [0.25, 0.3) is 0 Å². The molecule has 3 fully saturated rings. The molecule has 1 aromatic rings. The summed E-state index contributed by atoms with van der Waals surface area (Å²) in [5, 5.41) is 0. The normalized spacial score (nSPS) is 30.0. The van der Waals surface area contributed by atoms with E-state index in [0.717, 1.165) is 24.3 Å². The van der Waals surface area contributed by atoms with E-state index in [2.05, 4.69) is 4.90 Å². The summed E-state index contributed by atoms with van der Waals surface area (Å²) in [5.41, 5.74) is 6.73. The van der Waals surface area contributed by atoms with Crippen molar-refractivity contribution >= 4 is 29.2 Å². The number of benzene rings is 1. The highest BCUT2D eigenvalue weighted by molar-refractivity contribution is 7.99. The summed E-state index contributed by atoms with van der Waals surface area (Å²) in [6, 6.07) is 5.90. The number of halogens is 1. The molecular weight excluding hydrogens is 317 g/mol. The number of cyclic esters (lactones) is 1. The third kappa shape index (κ3) is 2.55. The fourth-order valence-electron chi connectivity index (χ4n) is 3.75. The molecular formula is C16H20FN3O2S. The number of fused-ring (bicyclic) bond motifs is 2. The number of thioether (sulfide) groups is 1. The molecule has 3 aliphatic heterocycles. The lowest BCUT2D eigenvalue weighted by Crippen LogP contribution is -2.43. The van der Waals surface area contributed by atoms with Gasteiger partial charge < -0.3 is 15.4 Å². The van der Waals surface area contributed by atoms with E-state index in [-0.39, 0.29) is 18.5 Å². The Labute approximate surface area is 138 Å². The molecule has 1 aromatic carbocycles. The molecule has 124 valence electrons. The van der Waals surface area contributed by atoms with Crippen LogP contribution in [0, 0.1) is 5.82 Å². The molecule has 3 aliphatic rings. The minimum atomic E-state index is -0.456. The molecule has 0 aliphatic carbocycles. The molecule has 3 unspecified atom stereocenters. The van der Waals surface area contributed by atoms with Crippen molar-refractivity contribution in [3.8, 4) is 0 Å². The number of anilines is 2. The van der Waals surface area contributed by atoms with Crippen molar-refractivity contribution in [3.05, 3.63) is 24.0 Å². The number of hydrogen-bond acceptors (Lipinski definition) is 5. The third-order valence-corrected chi connectivity index (χ3v) is 6.14. The van der Waals surface area contributed by atoms with E-state index < -0.39 is 6.09 Å². The third-order valence-electron chi connectivity index (χ3n) is 4.90. The van der Waals surface area contributed by atoms with Gasteiger partial charge in [0.05, 0.1) is 17.9 Å². The molecule has 23 heavy (non-hydrogen) atoms. The predicted molar refractivity (Wildman–Crippen MR) is 89.7 cm³/mol. The van der Waals surface area contributed by atoms with Gasteiger partial charge in [-0.2, -0.15) is 11.8 Å². The highest BCUT2D eigenvalue weighted by Crippen LogP contribution is 2.40. The highest BCUT2D eigenvalue weighted by atomic mass is 32.2. The van der Waals surface area contributed by atoms with Gasteiger partial charge in [-0.25, -0.2) is 9.18 Å². The Kier molecular flexibility index (Phi) is 3.85. The van der Waals surface area contributed by atoms with Crippen molar-refractivity contribution in [2.45, 2.75) is 31.0 Å². The fourth-order valence-corrected chi connectivity index (χ4v) is 5.08. The molecule has 5 nitrogen and oxygen atoms in total. The molecule has 3 saturated heterocycles. The molecule has 0 aromatic heterocycles. The lowest BCUT2D eigenvalue weighted by Gasteiger charge is -2.36. The molecule has 3 heterocycles. The maximum absolute atomic E-state index is 14.7. The Morgan fingerprint density at radius 1 is 1.30 bits per heavy atom. The summed E-state index contributed by atoms with van der Waals surface area (Å²) >= 11 is 1.96. The van der Waals surface area contributed by atoms with Crippen molar-refractivity contribution in [1.82, 2.24) is 0 Å². The maximum atomic E-state index is 14.7. The molecule has 0 spiro atoms. The van der Waals surface area contributed by atoms with Crippen LogP contribution in [0.15, 0.2) is 18.2 Å². The van der Waals surface area contributed by atoms with Crippen LogP contribution in [-0.4, -0.2) is 48.9 Å². The van der Waals surface area contributed by atoms with E-state index >= 15 is 0 Å². The van der Waals surface area contributed by atoms with Gasteiger partial charge in [-0.15, -0.1) is 0 Å². The van der Waals surface area contributed by atoms with Gasteiger partial charge in [-0.1, -0.05) is 0 Å². The van der Waals surface area contributed by atoms with Crippen LogP contribution in [-0.2, 0) is 4.74 Å². The molecule has 4 rings (SSSR count). The highest BCUT2D eigenvalue weighted by Gasteiger charge is 2.38. The number of amides is 1. The van der Waals surface area contributed by atoms with Gasteiger partial charge in [0, 0.05) is 30.1 Å². The van der Waals surface area contributed by atoms with Crippen molar-refractivity contribution in [3.63, 3.8) is 0 Å². The van der Waals surface area contributed by atoms with Crippen molar-refractivity contribution < 1.29 is 13.9 Å². The van der Waals surface area contributed by atoms with Crippen LogP contribution >= 0.6 is 11.8 Å². The van der Waals surface area contributed by atoms with Crippen LogP contribution < -0.4 is 15.5 Å². The second-order valence-corrected chi connectivity index (χ2v) is 7.39. The van der Waals surface area contributed by atoms with Crippen molar-refractivity contribution in [2.24, 2.45) is 5.73 Å². The zero-order valence-electron chi connectivity index (χ0n) is 12.8. The summed E-state index contributed by atoms with van der Waals surface area (Å²) in [6.45, 7) is 0.650. The Hall–Kier alpha value is -1.47. The van der Waals surface area contributed by atoms with Gasteiger partial charge in [0.15, 0.2) is 0 Å². The van der Waals surface area contributed by atoms with E-state index in [0.29, 0.717) is 30.0 Å². The number of rotatable bonds is 3. The Morgan fingerprint density at radius 2 is 2.04 bits per heavy atom. The van der Waals surface area contributed by atoms with Crippen LogP contribution in [0.4, 0.5) is 20.6 Å². The van der Waals surface area contributed by atoms with E-state index in [4.69, 9.17) is 10.5 Å². The number of nitrogens with zero attached hydrogens (tertiary/aromatic N) is 2. The molecule has 0 radical (unpaired) electrons. The number of carbonyl (C=O) groups is 1. The van der Waals surface area contributed by atoms with E-state index in [1.165, 1.54) is 11.0 Å². The molecule has 0 saturated carbocycles. The van der Waals surface area contributed by atoms with Gasteiger partial charge in [0.2, 0.25) is 0 Å². The van der Waals surface area contributed by atoms with Crippen LogP contribution in [0.5, 0.6) is 0 Å². The molecule has 1 amide bonds. The smallest absolute Gasteiger partial charge is 0.414 e. The maximum Gasteiger partial charge on any atom is 0.414 e. The number of nitrogens with two attached hydrogens (primary N) is 1. The topological polar surface area (TPSA) is 58.8 Å². The van der Waals surface area contributed by atoms with Gasteiger partial charge in [0.1, 0.15) is 11.9 Å². The van der Waals surface area contributed by atoms with Gasteiger partial charge in [-0.3, -0.25) is 4.90 Å². The van der Waals surface area contributed by atoms with E-state index in [1.807, 2.05) is 11.8 Å². The number of ether oxygens (including phenoxy) is 1. The largest absolute Gasteiger partial charge is 0.443 e. The second-order valence-electron chi connectivity index (χ2n) is 6.32. The Balaban J connectivity index is 1.59. The summed E-state index contributed by atoms with van der Waals surface area (Å²) in [5.74, 6) is 1.86. The fraction of sp³-hybridized carbons (Fsp3) is 0.562. The first kappa shape index (κ1) is 15.1. The molecule has 7 heteroatoms. The summed E-state index contributed by atoms with van der Waals surface area (Å²) in [7, 11) is 0. The summed E-state index contributed by atoms with van der Waals surface area (Å²) in [4.78, 5) is 15.6. The molecule has 2 N–H and O–H groups in total. The average molecular weight is 337 g/mol. The summed E-state index contributed by atoms with van der Waals surface area (Å²) < 4.78 is 19.9. The van der Waals surface area contributed by atoms with Crippen LogP contribution in [0.2, 0.25) is 0 Å². The number of carbonyl (C=O) groups excluding carboxylic acids is 1. The van der Waals surface area contributed by atoms with Gasteiger partial charge >= 0.3 is 6.09 Å². The van der Waals surface area contributed by atoms with Crippen molar-refractivity contribution in [2.75, 3.05) is 34.4 Å². The average Bonchev–Trinajstić information content (AvgIpc) is 3.03. The summed E-state index contributed by atoms with van der Waals surface area (Å²) in [6.07, 6.45) is 1.49. The lowest BCUT2D eigenvalue weighted by atomic mass is 10.2. The van der Waals surface area contributed by atoms with Gasteiger partial charge in [-0.05, 0) is 31.0 Å². The monoisotopic (exact) mass is 337 g/mol. The first-order valence-electron chi connectivity index (χ1n) is 8.01. The molecule has 3 atom stereocenters. The predicted octanol–water partition coefficient (Wildman–Crippen LogP) is 2.19. The zero-order valence-corrected chi connectivity index (χ0v) is 13.6. The van der Waals surface area contributed by atoms with E-state index in [9.17, 15) is 9.18 Å².